The van der Waals surface area contributed by atoms with Gasteiger partial charge in [0.05, 0.1) is 11.3 Å². The van der Waals surface area contributed by atoms with E-state index < -0.39 is 23.3 Å². The number of carbonyl (C=O) groups excluding carboxylic acids is 2. The van der Waals surface area contributed by atoms with E-state index in [4.69, 9.17) is 11.6 Å². The van der Waals surface area contributed by atoms with Crippen LogP contribution in [0.5, 0.6) is 0 Å². The van der Waals surface area contributed by atoms with E-state index in [1.165, 1.54) is 27.3 Å². The molecule has 170 valence electrons. The van der Waals surface area contributed by atoms with Crippen LogP contribution >= 0.6 is 22.9 Å². The summed E-state index contributed by atoms with van der Waals surface area (Å²) >= 11 is 7.64. The standard InChI is InChI=1S/C20H19ClF3N5O2S/c1-10(2)12-6-13(20(22,23)24)17-26-15(16(21)29(17)7-12)18(31)27-4-5-28(14(30)8-27)19-25-11(3)9-32-19/h6-7,9-10H,4-5,8H2,1-3H3. The van der Waals surface area contributed by atoms with Gasteiger partial charge in [0, 0.05) is 24.7 Å². The monoisotopic (exact) mass is 485 g/mol. The second kappa shape index (κ2) is 8.04. The average molecular weight is 486 g/mol. The minimum absolute atomic E-state index is 0.177. The molecule has 1 fully saturated rings. The molecule has 3 aromatic rings. The van der Waals surface area contributed by atoms with Crippen molar-refractivity contribution in [1.82, 2.24) is 19.3 Å². The largest absolute Gasteiger partial charge is 0.419 e. The third-order valence-corrected chi connectivity index (χ3v) is 6.55. The lowest BCUT2D eigenvalue weighted by Crippen LogP contribution is -2.52. The molecule has 0 aliphatic carbocycles. The van der Waals surface area contributed by atoms with Crippen LogP contribution in [0.15, 0.2) is 17.6 Å². The van der Waals surface area contributed by atoms with Crippen LogP contribution in [-0.2, 0) is 11.0 Å². The van der Waals surface area contributed by atoms with Crippen molar-refractivity contribution >= 4 is 45.5 Å². The summed E-state index contributed by atoms with van der Waals surface area (Å²) in [6, 6.07) is 1.02. The van der Waals surface area contributed by atoms with Crippen molar-refractivity contribution in [2.45, 2.75) is 32.9 Å². The first-order valence-corrected chi connectivity index (χ1v) is 11.0. The summed E-state index contributed by atoms with van der Waals surface area (Å²) < 4.78 is 42.1. The molecule has 4 rings (SSSR count). The highest BCUT2D eigenvalue weighted by molar-refractivity contribution is 7.14. The summed E-state index contributed by atoms with van der Waals surface area (Å²) in [6.07, 6.45) is -3.22. The summed E-state index contributed by atoms with van der Waals surface area (Å²) in [7, 11) is 0. The van der Waals surface area contributed by atoms with Crippen LogP contribution in [0.3, 0.4) is 0 Å². The van der Waals surface area contributed by atoms with Crippen LogP contribution in [0.25, 0.3) is 5.65 Å². The molecule has 1 aliphatic heterocycles. The first-order chi connectivity index (χ1) is 15.0. The fourth-order valence-electron chi connectivity index (χ4n) is 3.46. The third kappa shape index (κ3) is 3.95. The zero-order valence-corrected chi connectivity index (χ0v) is 19.0. The quantitative estimate of drug-likeness (QED) is 0.552. The van der Waals surface area contributed by atoms with Gasteiger partial charge in [-0.15, -0.1) is 11.3 Å². The summed E-state index contributed by atoms with van der Waals surface area (Å²) in [5, 5.41) is 2.14. The van der Waals surface area contributed by atoms with E-state index in [1.807, 2.05) is 12.3 Å². The van der Waals surface area contributed by atoms with Crippen molar-refractivity contribution in [3.05, 3.63) is 45.3 Å². The highest BCUT2D eigenvalue weighted by Gasteiger charge is 2.37. The molecule has 0 aromatic carbocycles. The number of rotatable bonds is 3. The maximum atomic E-state index is 13.7. The maximum absolute atomic E-state index is 13.7. The molecular formula is C20H19ClF3N5O2S. The molecular weight excluding hydrogens is 467 g/mol. The molecule has 4 heterocycles. The van der Waals surface area contributed by atoms with Gasteiger partial charge < -0.3 is 4.90 Å². The molecule has 0 saturated carbocycles. The number of hydrogen-bond acceptors (Lipinski definition) is 5. The zero-order valence-electron chi connectivity index (χ0n) is 17.4. The summed E-state index contributed by atoms with van der Waals surface area (Å²) in [5.74, 6) is -1.23. The first-order valence-electron chi connectivity index (χ1n) is 9.77. The molecule has 0 radical (unpaired) electrons. The van der Waals surface area contributed by atoms with Gasteiger partial charge >= 0.3 is 6.18 Å². The van der Waals surface area contributed by atoms with E-state index in [0.29, 0.717) is 10.7 Å². The van der Waals surface area contributed by atoms with Gasteiger partial charge in [-0.25, -0.2) is 9.97 Å². The minimum Gasteiger partial charge on any atom is -0.326 e. The minimum atomic E-state index is -4.67. The molecule has 32 heavy (non-hydrogen) atoms. The van der Waals surface area contributed by atoms with E-state index in [0.717, 1.165) is 16.2 Å². The number of aromatic nitrogens is 3. The van der Waals surface area contributed by atoms with Gasteiger partial charge in [0.25, 0.3) is 5.91 Å². The number of amides is 2. The molecule has 0 spiro atoms. The number of halogens is 4. The van der Waals surface area contributed by atoms with Gasteiger partial charge in [-0.1, -0.05) is 25.4 Å². The van der Waals surface area contributed by atoms with Crippen LogP contribution in [-0.4, -0.2) is 50.7 Å². The van der Waals surface area contributed by atoms with Crippen LogP contribution in [0.1, 0.15) is 47.1 Å². The Morgan fingerprint density at radius 3 is 2.53 bits per heavy atom. The third-order valence-electron chi connectivity index (χ3n) is 5.20. The Morgan fingerprint density at radius 1 is 1.25 bits per heavy atom. The lowest BCUT2D eigenvalue weighted by atomic mass is 10.0. The van der Waals surface area contributed by atoms with Crippen LogP contribution in [0.2, 0.25) is 5.15 Å². The number of pyridine rings is 1. The van der Waals surface area contributed by atoms with Gasteiger partial charge in [0.1, 0.15) is 11.7 Å². The molecule has 0 N–H and O–H groups in total. The van der Waals surface area contributed by atoms with E-state index in [9.17, 15) is 22.8 Å². The molecule has 0 unspecified atom stereocenters. The number of anilines is 1. The van der Waals surface area contributed by atoms with Crippen molar-refractivity contribution in [2.24, 2.45) is 0 Å². The van der Waals surface area contributed by atoms with E-state index in [2.05, 4.69) is 9.97 Å². The van der Waals surface area contributed by atoms with E-state index in [1.54, 1.807) is 13.8 Å². The smallest absolute Gasteiger partial charge is 0.326 e. The number of alkyl halides is 3. The van der Waals surface area contributed by atoms with Crippen LogP contribution in [0.4, 0.5) is 18.3 Å². The predicted octanol–water partition coefficient (Wildman–Crippen LogP) is 4.38. The number of imidazole rings is 1. The molecule has 7 nitrogen and oxygen atoms in total. The first kappa shape index (κ1) is 22.5. The van der Waals surface area contributed by atoms with Crippen molar-refractivity contribution in [3.63, 3.8) is 0 Å². The van der Waals surface area contributed by atoms with Crippen molar-refractivity contribution in [3.8, 4) is 0 Å². The number of aryl methyl sites for hydroxylation is 1. The fraction of sp³-hybridized carbons (Fsp3) is 0.400. The van der Waals surface area contributed by atoms with Gasteiger partial charge in [0.2, 0.25) is 5.91 Å². The van der Waals surface area contributed by atoms with Crippen molar-refractivity contribution in [1.29, 1.82) is 0 Å². The number of carbonyl (C=O) groups is 2. The summed E-state index contributed by atoms with van der Waals surface area (Å²) in [6.45, 7) is 5.48. The average Bonchev–Trinajstić information content (AvgIpc) is 3.29. The second-order valence-corrected chi connectivity index (χ2v) is 9.02. The molecule has 0 atom stereocenters. The topological polar surface area (TPSA) is 70.8 Å². The Labute approximate surface area is 190 Å². The Kier molecular flexibility index (Phi) is 5.66. The lowest BCUT2D eigenvalue weighted by molar-refractivity contribution is -0.136. The Hall–Kier alpha value is -2.66. The normalized spacial score (nSPS) is 15.3. The zero-order chi connectivity index (χ0) is 23.4. The Bertz CT molecular complexity index is 1220. The summed E-state index contributed by atoms with van der Waals surface area (Å²) in [5.41, 5.74) is -0.535. The van der Waals surface area contributed by atoms with Gasteiger partial charge in [-0.3, -0.25) is 18.9 Å². The highest BCUT2D eigenvalue weighted by Crippen LogP contribution is 2.36. The van der Waals surface area contributed by atoms with Crippen molar-refractivity contribution in [2.75, 3.05) is 24.5 Å². The fourth-order valence-corrected chi connectivity index (χ4v) is 4.56. The summed E-state index contributed by atoms with van der Waals surface area (Å²) in [4.78, 5) is 36.6. The molecule has 1 saturated heterocycles. The Morgan fingerprint density at radius 2 is 1.97 bits per heavy atom. The number of thiazole rings is 1. The van der Waals surface area contributed by atoms with Crippen LogP contribution < -0.4 is 4.90 Å². The SMILES string of the molecule is Cc1csc(N2CCN(C(=O)c3nc4c(C(F)(F)F)cc(C(C)C)cn4c3Cl)CC2=O)n1. The van der Waals surface area contributed by atoms with Crippen molar-refractivity contribution < 1.29 is 22.8 Å². The molecule has 0 bridgehead atoms. The van der Waals surface area contributed by atoms with E-state index >= 15 is 0 Å². The predicted molar refractivity (Wildman–Crippen MR) is 114 cm³/mol. The lowest BCUT2D eigenvalue weighted by Gasteiger charge is -2.32. The number of nitrogens with zero attached hydrogens (tertiary/aromatic N) is 5. The van der Waals surface area contributed by atoms with Gasteiger partial charge in [-0.2, -0.15) is 13.2 Å². The maximum Gasteiger partial charge on any atom is 0.419 e. The molecule has 3 aromatic heterocycles. The molecule has 12 heteroatoms. The van der Waals surface area contributed by atoms with E-state index in [-0.39, 0.29) is 42.3 Å². The molecule has 2 amide bonds. The van der Waals surface area contributed by atoms with Gasteiger partial charge in [-0.05, 0) is 24.5 Å². The Balaban J connectivity index is 1.67. The number of hydrogen-bond donors (Lipinski definition) is 0. The van der Waals surface area contributed by atoms with Gasteiger partial charge in [0.15, 0.2) is 16.5 Å². The number of piperazine rings is 1. The number of fused-ring (bicyclic) bond motifs is 1. The highest BCUT2D eigenvalue weighted by atomic mass is 35.5. The molecule has 1 aliphatic rings. The second-order valence-electron chi connectivity index (χ2n) is 7.83. The van der Waals surface area contributed by atoms with Crippen LogP contribution in [0, 0.1) is 6.92 Å².